The van der Waals surface area contributed by atoms with E-state index >= 15 is 0 Å². The summed E-state index contributed by atoms with van der Waals surface area (Å²) in [5.41, 5.74) is 12.1. The van der Waals surface area contributed by atoms with Gasteiger partial charge in [-0.2, -0.15) is 15.3 Å². The van der Waals surface area contributed by atoms with Crippen molar-refractivity contribution in [2.75, 3.05) is 51.1 Å². The number of halogens is 3. The molecule has 111 heavy (non-hydrogen) atoms. The molecule has 3 aromatic carbocycles. The molecule has 2 saturated heterocycles. The largest absolute Gasteiger partial charge is 0.357 e. The summed E-state index contributed by atoms with van der Waals surface area (Å²) in [6.07, 6.45) is 9.04. The lowest BCUT2D eigenvalue weighted by atomic mass is 9.95. The van der Waals surface area contributed by atoms with Crippen molar-refractivity contribution in [3.05, 3.63) is 285 Å². The van der Waals surface area contributed by atoms with Crippen LogP contribution in [-0.2, 0) is 60.1 Å². The minimum Gasteiger partial charge on any atom is -0.357 e. The second-order valence-corrected chi connectivity index (χ2v) is 29.1. The summed E-state index contributed by atoms with van der Waals surface area (Å²) in [6, 6.07) is 32.2. The second kappa shape index (κ2) is 33.4. The number of carbonyl (C=O) groups excluding carboxylic acids is 9. The number of allylic oxidation sites excluding steroid dienone is 1. The molecule has 10 aromatic rings. The summed E-state index contributed by atoms with van der Waals surface area (Å²) < 4.78 is 45.7. The van der Waals surface area contributed by atoms with Crippen molar-refractivity contribution in [3.8, 4) is 0 Å². The lowest BCUT2D eigenvalue weighted by molar-refractivity contribution is -0.130. The summed E-state index contributed by atoms with van der Waals surface area (Å²) >= 11 is 1.31. The first-order valence-corrected chi connectivity index (χ1v) is 36.9. The van der Waals surface area contributed by atoms with Gasteiger partial charge in [0.15, 0.2) is 22.9 Å². The van der Waals surface area contributed by atoms with Crippen LogP contribution in [0.15, 0.2) is 178 Å². The maximum absolute atomic E-state index is 13.5. The van der Waals surface area contributed by atoms with Gasteiger partial charge in [-0.25, -0.2) is 18.2 Å². The van der Waals surface area contributed by atoms with E-state index in [0.717, 1.165) is 38.6 Å². The number of nitrogens with one attached hydrogen (secondary N) is 7. The van der Waals surface area contributed by atoms with E-state index in [2.05, 4.69) is 71.4 Å². The first-order chi connectivity index (χ1) is 53.5. The Bertz CT molecular complexity index is 5150. The quantitative estimate of drug-likeness (QED) is 0.0331. The lowest BCUT2D eigenvalue weighted by Gasteiger charge is -2.39. The highest BCUT2D eigenvalue weighted by molar-refractivity contribution is 7.16. The van der Waals surface area contributed by atoms with Crippen molar-refractivity contribution in [2.45, 2.75) is 96.3 Å². The number of carbonyl (C=O) groups is 9. The molecule has 5 aliphatic rings. The number of amides is 8. The van der Waals surface area contributed by atoms with Gasteiger partial charge in [0.25, 0.3) is 41.4 Å². The fourth-order valence-corrected chi connectivity index (χ4v) is 15.4. The van der Waals surface area contributed by atoms with E-state index in [1.807, 2.05) is 20.8 Å². The number of nitrogens with zero attached hydrogens (tertiary/aromatic N) is 11. The Morgan fingerprint density at radius 2 is 0.847 bits per heavy atom. The molecule has 3 atom stereocenters. The molecule has 27 nitrogen and oxygen atoms in total. The molecule has 0 bridgehead atoms. The SMILES string of the molecule is C=CC(=O)Cc1ccc(NC(=O)c2nn(Cc3ccc(F)cc3)c3c2CN(C(=O)c2ccc[nH]2)CC3C)s1.C=CC(=O)N1CC(NC(=O)c2nn(Cc3ccc(F)cc3)c3c2CN(C(=O)c2ccc[nH]2)CC3C)C1.C=CC(=O)NN1CC(NC(=O)c2nn(Cc3ccc(F)cc3)c3c2CN(C(=O)c2ccc[nH]2)CC3C)C1. The Kier molecular flexibility index (Phi) is 23.0. The van der Waals surface area contributed by atoms with E-state index in [9.17, 15) is 56.3 Å². The Hall–Kier alpha value is -12.8. The summed E-state index contributed by atoms with van der Waals surface area (Å²) in [7, 11) is 0. The van der Waals surface area contributed by atoms with Gasteiger partial charge in [0, 0.05) is 127 Å². The second-order valence-electron chi connectivity index (χ2n) is 27.9. The van der Waals surface area contributed by atoms with Crippen LogP contribution in [-0.4, -0.2) is 180 Å². The molecule has 0 saturated carbocycles. The minimum atomic E-state index is -0.399. The molecule has 15 rings (SSSR count). The van der Waals surface area contributed by atoms with E-state index < -0.39 is 5.91 Å². The van der Waals surface area contributed by atoms with Gasteiger partial charge in [-0.15, -0.1) is 11.3 Å². The highest BCUT2D eigenvalue weighted by Gasteiger charge is 2.41. The number of hydrogen-bond acceptors (Lipinski definition) is 14. The average Bonchev–Trinajstić information content (AvgIpc) is 1.63. The van der Waals surface area contributed by atoms with Crippen LogP contribution < -0.4 is 21.4 Å². The predicted molar refractivity (Wildman–Crippen MR) is 405 cm³/mol. The van der Waals surface area contributed by atoms with Crippen LogP contribution in [0.3, 0.4) is 0 Å². The molecule has 12 heterocycles. The average molecular weight is 1530 g/mol. The maximum atomic E-state index is 13.5. The number of fused-ring (bicyclic) bond motifs is 3. The number of benzene rings is 3. The predicted octanol–water partition coefficient (Wildman–Crippen LogP) is 8.84. The molecule has 7 aromatic heterocycles. The Morgan fingerprint density at radius 3 is 1.20 bits per heavy atom. The van der Waals surface area contributed by atoms with E-state index in [4.69, 9.17) is 0 Å². The molecule has 0 spiro atoms. The Labute approximate surface area is 639 Å². The standard InChI is InChI=1S/C28H26FN5O3S.C26H28FN7O3.C26H27FN6O3/c1-3-20(35)13-21-10-11-24(38-21)31-27(36)25-22-16-33(28(37)23-5-4-12-30-23)14-17(2)26(22)34(32-25)15-18-6-8-19(29)9-7-18;1-3-22(35)30-33-13-19(14-33)29-25(36)23-20-15-32(26(37)21-5-4-10-28-21)11-16(2)24(20)34(31-23)12-17-6-8-18(27)9-7-17;1-3-22(34)31-13-19(14-31)29-25(35)23-20-15-32(26(36)21-5-4-10-28-21)11-16(2)24(20)33(30-23)12-17-6-8-18(27)9-7-17/h3-12,17,30H,1,13-16H2,2H3,(H,31,36);3-10,16,19,28H,1,11-15H2,2H3,(H,29,36)(H,30,35);3-10,16,19,28H,1,11-15H2,2H3,(H,29,35). The Morgan fingerprint density at radius 1 is 0.468 bits per heavy atom. The zero-order valence-corrected chi connectivity index (χ0v) is 61.9. The van der Waals surface area contributed by atoms with Gasteiger partial charge in [-0.3, -0.25) is 62.6 Å². The number of aromatic nitrogens is 9. The first-order valence-electron chi connectivity index (χ1n) is 36.0. The van der Waals surface area contributed by atoms with Gasteiger partial charge in [0.1, 0.15) is 34.5 Å². The number of hydrogen-bond donors (Lipinski definition) is 7. The van der Waals surface area contributed by atoms with Crippen LogP contribution in [0.5, 0.6) is 0 Å². The number of rotatable bonds is 21. The van der Waals surface area contributed by atoms with Gasteiger partial charge in [0.2, 0.25) is 5.91 Å². The molecule has 0 aliphatic carbocycles. The highest BCUT2D eigenvalue weighted by atomic mass is 32.1. The summed E-state index contributed by atoms with van der Waals surface area (Å²) in [5.74, 6) is -3.32. The molecule has 0 radical (unpaired) electrons. The van der Waals surface area contributed by atoms with Gasteiger partial charge < -0.3 is 50.5 Å². The smallest absolute Gasteiger partial charge is 0.277 e. The Balaban J connectivity index is 0.000000146. The summed E-state index contributed by atoms with van der Waals surface area (Å²) in [6.45, 7) is 21.4. The minimum absolute atomic E-state index is 0.0773. The molecule has 31 heteroatoms. The number of anilines is 1. The molecule has 572 valence electrons. The van der Waals surface area contributed by atoms with Crippen molar-refractivity contribution >= 4 is 69.4 Å². The number of thiophene rings is 1. The van der Waals surface area contributed by atoms with E-state index in [0.29, 0.717) is 104 Å². The van der Waals surface area contributed by atoms with Crippen molar-refractivity contribution in [1.29, 1.82) is 0 Å². The van der Waals surface area contributed by atoms with Gasteiger partial charge in [-0.1, -0.05) is 76.9 Å². The van der Waals surface area contributed by atoms with Crippen molar-refractivity contribution in [2.24, 2.45) is 0 Å². The van der Waals surface area contributed by atoms with E-state index in [1.165, 1.54) is 66.0 Å². The van der Waals surface area contributed by atoms with Crippen LogP contribution in [0, 0.1) is 17.5 Å². The van der Waals surface area contributed by atoms with E-state index in [1.54, 1.807) is 142 Å². The van der Waals surface area contributed by atoms with Crippen molar-refractivity contribution in [1.82, 2.24) is 85.0 Å². The molecule has 8 amide bonds. The molecular formula is C80H81F3N18O9S. The maximum Gasteiger partial charge on any atom is 0.277 e. The topological polar surface area (TPSA) is 319 Å². The number of H-pyrrole nitrogens is 3. The number of hydrazine groups is 1. The fourth-order valence-electron chi connectivity index (χ4n) is 14.4. The van der Waals surface area contributed by atoms with Crippen molar-refractivity contribution < 1.29 is 56.3 Å². The van der Waals surface area contributed by atoms with E-state index in [-0.39, 0.29) is 138 Å². The third-order valence-corrected chi connectivity index (χ3v) is 20.8. The van der Waals surface area contributed by atoms with Crippen LogP contribution in [0.2, 0.25) is 0 Å². The van der Waals surface area contributed by atoms with Crippen LogP contribution >= 0.6 is 11.3 Å². The first kappa shape index (κ1) is 76.4. The number of likely N-dealkylation sites (tertiary alicyclic amines) is 1. The normalized spacial score (nSPS) is 16.5. The van der Waals surface area contributed by atoms with Crippen LogP contribution in [0.4, 0.5) is 18.2 Å². The summed E-state index contributed by atoms with van der Waals surface area (Å²) in [4.78, 5) is 131. The highest BCUT2D eigenvalue weighted by Crippen LogP contribution is 2.37. The lowest BCUT2D eigenvalue weighted by Crippen LogP contribution is -2.64. The molecule has 7 N–H and O–H groups in total. The third kappa shape index (κ3) is 17.4. The van der Waals surface area contributed by atoms with Crippen molar-refractivity contribution in [3.63, 3.8) is 0 Å². The van der Waals surface area contributed by atoms with Crippen LogP contribution in [0.1, 0.15) is 157 Å². The zero-order chi connectivity index (χ0) is 78.3. The summed E-state index contributed by atoms with van der Waals surface area (Å²) in [5, 5.41) is 25.1. The number of ketones is 1. The molecule has 3 unspecified atom stereocenters. The van der Waals surface area contributed by atoms with Gasteiger partial charge in [-0.05, 0) is 120 Å². The molecule has 5 aliphatic heterocycles. The van der Waals surface area contributed by atoms with Crippen LogP contribution in [0.25, 0.3) is 0 Å². The van der Waals surface area contributed by atoms with Gasteiger partial charge in [0.05, 0.1) is 56.4 Å². The number of aromatic amines is 3. The monoisotopic (exact) mass is 1530 g/mol. The molecule has 2 fully saturated rings. The third-order valence-electron chi connectivity index (χ3n) is 19.8. The fraction of sp³-hybridized carbons (Fsp3) is 0.275. The van der Waals surface area contributed by atoms with Gasteiger partial charge >= 0.3 is 0 Å². The molecular weight excluding hydrogens is 1450 g/mol. The zero-order valence-electron chi connectivity index (χ0n) is 61.1.